The maximum absolute atomic E-state index is 12.0. The van der Waals surface area contributed by atoms with Crippen molar-refractivity contribution in [2.45, 2.75) is 12.2 Å². The van der Waals surface area contributed by atoms with Crippen molar-refractivity contribution in [3.63, 3.8) is 0 Å². The first kappa shape index (κ1) is 17.9. The summed E-state index contributed by atoms with van der Waals surface area (Å²) in [7, 11) is 1.40. The van der Waals surface area contributed by atoms with Crippen LogP contribution in [-0.2, 0) is 9.53 Å². The van der Waals surface area contributed by atoms with E-state index in [0.29, 0.717) is 5.69 Å². The zero-order valence-corrected chi connectivity index (χ0v) is 11.7. The van der Waals surface area contributed by atoms with E-state index in [1.165, 1.54) is 31.4 Å². The SMILES string of the molecule is COCC(N)C(=O)Nc1ccc(C(=O)NCC(F)(F)F)cc1. The van der Waals surface area contributed by atoms with Crippen LogP contribution in [0.25, 0.3) is 0 Å². The average molecular weight is 319 g/mol. The van der Waals surface area contributed by atoms with Gasteiger partial charge in [-0.25, -0.2) is 0 Å². The van der Waals surface area contributed by atoms with Crippen LogP contribution < -0.4 is 16.4 Å². The van der Waals surface area contributed by atoms with Gasteiger partial charge in [-0.15, -0.1) is 0 Å². The molecule has 1 aromatic carbocycles. The Labute approximate surface area is 124 Å². The smallest absolute Gasteiger partial charge is 0.383 e. The molecule has 1 unspecified atom stereocenters. The van der Waals surface area contributed by atoms with E-state index in [4.69, 9.17) is 10.5 Å². The summed E-state index contributed by atoms with van der Waals surface area (Å²) in [6.07, 6.45) is -4.47. The molecule has 6 nitrogen and oxygen atoms in total. The van der Waals surface area contributed by atoms with E-state index >= 15 is 0 Å². The van der Waals surface area contributed by atoms with Gasteiger partial charge in [-0.1, -0.05) is 0 Å². The van der Waals surface area contributed by atoms with E-state index < -0.39 is 30.6 Å². The van der Waals surface area contributed by atoms with Gasteiger partial charge in [-0.3, -0.25) is 9.59 Å². The van der Waals surface area contributed by atoms with Crippen LogP contribution in [0.2, 0.25) is 0 Å². The highest BCUT2D eigenvalue weighted by molar-refractivity contribution is 5.97. The third kappa shape index (κ3) is 6.10. The standard InChI is InChI=1S/C13H16F3N3O3/c1-22-6-10(17)12(21)19-9-4-2-8(3-5-9)11(20)18-7-13(14,15)16/h2-5,10H,6-7,17H2,1H3,(H,18,20)(H,19,21). The molecule has 0 fully saturated rings. The maximum atomic E-state index is 12.0. The van der Waals surface area contributed by atoms with Crippen LogP contribution in [0.5, 0.6) is 0 Å². The van der Waals surface area contributed by atoms with Crippen LogP contribution in [0, 0.1) is 0 Å². The second kappa shape index (κ2) is 7.76. The number of benzene rings is 1. The van der Waals surface area contributed by atoms with Gasteiger partial charge in [0.15, 0.2) is 0 Å². The number of halogens is 3. The molecule has 0 aromatic heterocycles. The Balaban J connectivity index is 2.59. The molecule has 0 bridgehead atoms. The zero-order valence-electron chi connectivity index (χ0n) is 11.7. The van der Waals surface area contributed by atoms with Gasteiger partial charge in [0.25, 0.3) is 5.91 Å². The van der Waals surface area contributed by atoms with Crippen molar-refractivity contribution in [2.75, 3.05) is 25.6 Å². The number of hydrogen-bond donors (Lipinski definition) is 3. The average Bonchev–Trinajstić information content (AvgIpc) is 2.45. The summed E-state index contributed by atoms with van der Waals surface area (Å²) < 4.78 is 40.7. The highest BCUT2D eigenvalue weighted by atomic mass is 19.4. The minimum atomic E-state index is -4.47. The van der Waals surface area contributed by atoms with Gasteiger partial charge in [0.2, 0.25) is 5.91 Å². The molecule has 0 aliphatic rings. The van der Waals surface area contributed by atoms with E-state index in [-0.39, 0.29) is 12.2 Å². The van der Waals surface area contributed by atoms with Crippen LogP contribution in [0.3, 0.4) is 0 Å². The van der Waals surface area contributed by atoms with Gasteiger partial charge in [0, 0.05) is 18.4 Å². The fraction of sp³-hybridized carbons (Fsp3) is 0.385. The highest BCUT2D eigenvalue weighted by Gasteiger charge is 2.27. The topological polar surface area (TPSA) is 93.4 Å². The Morgan fingerprint density at radius 3 is 2.36 bits per heavy atom. The predicted molar refractivity (Wildman–Crippen MR) is 73.3 cm³/mol. The minimum Gasteiger partial charge on any atom is -0.383 e. The van der Waals surface area contributed by atoms with E-state index in [1.807, 2.05) is 0 Å². The molecule has 0 aliphatic heterocycles. The molecular formula is C13H16F3N3O3. The van der Waals surface area contributed by atoms with E-state index in [9.17, 15) is 22.8 Å². The molecule has 1 atom stereocenters. The number of alkyl halides is 3. The molecule has 9 heteroatoms. The van der Waals surface area contributed by atoms with Gasteiger partial charge in [0.1, 0.15) is 12.6 Å². The lowest BCUT2D eigenvalue weighted by Gasteiger charge is -2.12. The van der Waals surface area contributed by atoms with Crippen molar-refractivity contribution < 1.29 is 27.5 Å². The van der Waals surface area contributed by atoms with Crippen molar-refractivity contribution in [3.05, 3.63) is 29.8 Å². The van der Waals surface area contributed by atoms with E-state index in [2.05, 4.69) is 5.32 Å². The Morgan fingerprint density at radius 2 is 1.86 bits per heavy atom. The van der Waals surface area contributed by atoms with Crippen LogP contribution >= 0.6 is 0 Å². The molecule has 22 heavy (non-hydrogen) atoms. The van der Waals surface area contributed by atoms with Gasteiger partial charge >= 0.3 is 6.18 Å². The number of rotatable bonds is 6. The molecule has 0 saturated carbocycles. The first-order valence-corrected chi connectivity index (χ1v) is 6.23. The number of carbonyl (C=O) groups is 2. The zero-order chi connectivity index (χ0) is 16.8. The second-order valence-electron chi connectivity index (χ2n) is 4.43. The monoisotopic (exact) mass is 319 g/mol. The molecule has 0 heterocycles. The fourth-order valence-electron chi connectivity index (χ4n) is 1.48. The molecular weight excluding hydrogens is 303 g/mol. The van der Waals surface area contributed by atoms with Crippen LogP contribution in [0.1, 0.15) is 10.4 Å². The normalized spacial score (nSPS) is 12.6. The lowest BCUT2D eigenvalue weighted by atomic mass is 10.2. The minimum absolute atomic E-state index is 0.0449. The number of hydrogen-bond acceptors (Lipinski definition) is 4. The molecule has 4 N–H and O–H groups in total. The summed E-state index contributed by atoms with van der Waals surface area (Å²) in [6.45, 7) is -1.36. The number of ether oxygens (including phenoxy) is 1. The summed E-state index contributed by atoms with van der Waals surface area (Å²) in [6, 6.07) is 4.52. The van der Waals surface area contributed by atoms with Gasteiger partial charge < -0.3 is 21.1 Å². The van der Waals surface area contributed by atoms with Gasteiger partial charge in [-0.2, -0.15) is 13.2 Å². The fourth-order valence-corrected chi connectivity index (χ4v) is 1.48. The maximum Gasteiger partial charge on any atom is 0.405 e. The third-order valence-electron chi connectivity index (χ3n) is 2.55. The number of anilines is 1. The lowest BCUT2D eigenvalue weighted by molar-refractivity contribution is -0.123. The molecule has 122 valence electrons. The van der Waals surface area contributed by atoms with Gasteiger partial charge in [0.05, 0.1) is 6.61 Å². The van der Waals surface area contributed by atoms with Crippen LogP contribution in [0.15, 0.2) is 24.3 Å². The quantitative estimate of drug-likeness (QED) is 0.726. The molecule has 0 spiro atoms. The molecule has 0 saturated heterocycles. The molecule has 2 amide bonds. The Hall–Kier alpha value is -2.13. The third-order valence-corrected chi connectivity index (χ3v) is 2.55. The summed E-state index contributed by atoms with van der Waals surface area (Å²) in [5.41, 5.74) is 5.94. The van der Waals surface area contributed by atoms with Crippen molar-refractivity contribution in [1.82, 2.24) is 5.32 Å². The van der Waals surface area contributed by atoms with E-state index in [0.717, 1.165) is 0 Å². The number of methoxy groups -OCH3 is 1. The lowest BCUT2D eigenvalue weighted by Crippen LogP contribution is -2.39. The Bertz CT molecular complexity index is 518. The van der Waals surface area contributed by atoms with Crippen LogP contribution in [0.4, 0.5) is 18.9 Å². The molecule has 0 radical (unpaired) electrons. The van der Waals surface area contributed by atoms with Crippen molar-refractivity contribution in [1.29, 1.82) is 0 Å². The summed E-state index contributed by atoms with van der Waals surface area (Å²) in [5.74, 6) is -1.33. The Kier molecular flexibility index (Phi) is 6.32. The molecule has 0 aliphatic carbocycles. The second-order valence-corrected chi connectivity index (χ2v) is 4.43. The first-order chi connectivity index (χ1) is 10.2. The Morgan fingerprint density at radius 1 is 1.27 bits per heavy atom. The number of carbonyl (C=O) groups excluding carboxylic acids is 2. The summed E-state index contributed by atoms with van der Waals surface area (Å²) >= 11 is 0. The number of amides is 2. The van der Waals surface area contributed by atoms with Crippen molar-refractivity contribution in [3.8, 4) is 0 Å². The van der Waals surface area contributed by atoms with Crippen molar-refractivity contribution >= 4 is 17.5 Å². The number of nitrogens with one attached hydrogen (secondary N) is 2. The molecule has 1 aromatic rings. The first-order valence-electron chi connectivity index (χ1n) is 6.23. The highest BCUT2D eigenvalue weighted by Crippen LogP contribution is 2.13. The molecule has 1 rings (SSSR count). The van der Waals surface area contributed by atoms with Crippen molar-refractivity contribution in [2.24, 2.45) is 5.73 Å². The van der Waals surface area contributed by atoms with Gasteiger partial charge in [-0.05, 0) is 24.3 Å². The van der Waals surface area contributed by atoms with Crippen LogP contribution in [-0.4, -0.2) is 44.3 Å². The largest absolute Gasteiger partial charge is 0.405 e. The predicted octanol–water partition coefficient (Wildman–Crippen LogP) is 0.891. The summed E-state index contributed by atoms with van der Waals surface area (Å²) in [5, 5.41) is 4.24. The number of nitrogens with two attached hydrogens (primary N) is 1. The van der Waals surface area contributed by atoms with E-state index in [1.54, 1.807) is 5.32 Å². The summed E-state index contributed by atoms with van der Waals surface area (Å²) in [4.78, 5) is 23.1.